The summed E-state index contributed by atoms with van der Waals surface area (Å²) in [5, 5.41) is 10.7. The van der Waals surface area contributed by atoms with Gasteiger partial charge in [-0.3, -0.25) is 9.67 Å². The summed E-state index contributed by atoms with van der Waals surface area (Å²) in [4.78, 5) is 8.47. The number of halogens is 1. The quantitative estimate of drug-likeness (QED) is 0.356. The molecule has 1 aromatic carbocycles. The monoisotopic (exact) mass is 382 g/mol. The number of guanidine groups is 1. The number of ether oxygens (including phenoxy) is 1. The van der Waals surface area contributed by atoms with E-state index >= 15 is 0 Å². The lowest BCUT2D eigenvalue weighted by atomic mass is 10.3. The molecule has 2 aromatic heterocycles. The first-order chi connectivity index (χ1) is 13.7. The highest BCUT2D eigenvalue weighted by Gasteiger charge is 2.02. The molecule has 0 bridgehead atoms. The smallest absolute Gasteiger partial charge is 0.219 e. The number of aromatic nitrogens is 3. The number of benzene rings is 1. The molecule has 0 spiro atoms. The van der Waals surface area contributed by atoms with Crippen molar-refractivity contribution in [1.82, 2.24) is 25.4 Å². The topological polar surface area (TPSA) is 76.4 Å². The fraction of sp³-hybridized carbons (Fsp3) is 0.250. The average Bonchev–Trinajstić information content (AvgIpc) is 3.22. The van der Waals surface area contributed by atoms with Gasteiger partial charge in [-0.25, -0.2) is 9.37 Å². The van der Waals surface area contributed by atoms with Gasteiger partial charge in [0.15, 0.2) is 5.96 Å². The van der Waals surface area contributed by atoms with Crippen LogP contribution in [0.2, 0.25) is 0 Å². The van der Waals surface area contributed by atoms with Gasteiger partial charge in [0.2, 0.25) is 5.88 Å². The molecule has 0 unspecified atom stereocenters. The standard InChI is InChI=1S/C20H23FN6O/c1-22-20(23-9-3-11-27-12-4-10-26-27)25-15-16-7-8-19(24-14-16)28-18-6-2-5-17(21)13-18/h2,4-8,10,12-14H,3,9,11,15H2,1H3,(H2,22,23,25). The molecule has 0 saturated heterocycles. The molecule has 0 aliphatic rings. The molecule has 0 saturated carbocycles. The van der Waals surface area contributed by atoms with E-state index in [1.807, 2.05) is 23.0 Å². The summed E-state index contributed by atoms with van der Waals surface area (Å²) in [6, 6.07) is 11.5. The van der Waals surface area contributed by atoms with Crippen molar-refractivity contribution in [1.29, 1.82) is 0 Å². The number of nitrogens with one attached hydrogen (secondary N) is 2. The maximum atomic E-state index is 13.2. The third-order valence-corrected chi connectivity index (χ3v) is 3.92. The zero-order valence-electron chi connectivity index (χ0n) is 15.7. The normalized spacial score (nSPS) is 11.3. The van der Waals surface area contributed by atoms with Crippen molar-refractivity contribution >= 4 is 5.96 Å². The van der Waals surface area contributed by atoms with Crippen molar-refractivity contribution in [3.63, 3.8) is 0 Å². The summed E-state index contributed by atoms with van der Waals surface area (Å²) >= 11 is 0. The molecule has 0 atom stereocenters. The first-order valence-electron chi connectivity index (χ1n) is 9.03. The van der Waals surface area contributed by atoms with E-state index in [1.54, 1.807) is 37.6 Å². The summed E-state index contributed by atoms with van der Waals surface area (Å²) in [5.74, 6) is 1.20. The molecule has 0 aliphatic heterocycles. The van der Waals surface area contributed by atoms with Gasteiger partial charge in [0.25, 0.3) is 0 Å². The Morgan fingerprint density at radius 2 is 2.14 bits per heavy atom. The Balaban J connectivity index is 1.41. The molecule has 0 radical (unpaired) electrons. The maximum absolute atomic E-state index is 13.2. The predicted molar refractivity (Wildman–Crippen MR) is 106 cm³/mol. The van der Waals surface area contributed by atoms with Crippen molar-refractivity contribution in [2.24, 2.45) is 4.99 Å². The molecule has 3 rings (SSSR count). The summed E-state index contributed by atoms with van der Waals surface area (Å²) in [6.45, 7) is 2.22. The van der Waals surface area contributed by atoms with Crippen LogP contribution in [-0.2, 0) is 13.1 Å². The second kappa shape index (κ2) is 10.1. The Bertz CT molecular complexity index is 880. The first-order valence-corrected chi connectivity index (χ1v) is 9.03. The van der Waals surface area contributed by atoms with E-state index in [0.29, 0.717) is 18.2 Å². The molecule has 146 valence electrons. The minimum absolute atomic E-state index is 0.346. The summed E-state index contributed by atoms with van der Waals surface area (Å²) in [6.07, 6.45) is 6.38. The highest BCUT2D eigenvalue weighted by molar-refractivity contribution is 5.79. The zero-order chi connectivity index (χ0) is 19.6. The Kier molecular flexibility index (Phi) is 6.95. The van der Waals surface area contributed by atoms with E-state index in [1.165, 1.54) is 12.1 Å². The third-order valence-electron chi connectivity index (χ3n) is 3.92. The molecular formula is C20H23FN6O. The number of hydrogen-bond acceptors (Lipinski definition) is 4. The molecule has 0 fully saturated rings. The molecule has 2 N–H and O–H groups in total. The number of aryl methyl sites for hydroxylation is 1. The van der Waals surface area contributed by atoms with Gasteiger partial charge in [-0.1, -0.05) is 12.1 Å². The van der Waals surface area contributed by atoms with E-state index in [0.717, 1.165) is 31.0 Å². The number of nitrogens with zero attached hydrogens (tertiary/aromatic N) is 4. The SMILES string of the molecule is CN=C(NCCCn1cccn1)NCc1ccc(Oc2cccc(F)c2)nc1. The highest BCUT2D eigenvalue weighted by Crippen LogP contribution is 2.19. The Morgan fingerprint density at radius 1 is 1.21 bits per heavy atom. The summed E-state index contributed by atoms with van der Waals surface area (Å²) in [5.41, 5.74) is 0.978. The van der Waals surface area contributed by atoms with Crippen molar-refractivity contribution < 1.29 is 9.13 Å². The van der Waals surface area contributed by atoms with Gasteiger partial charge in [0.1, 0.15) is 11.6 Å². The lowest BCUT2D eigenvalue weighted by Crippen LogP contribution is -2.37. The molecule has 28 heavy (non-hydrogen) atoms. The molecule has 0 amide bonds. The van der Waals surface area contributed by atoms with Crippen LogP contribution in [0.3, 0.4) is 0 Å². The fourth-order valence-corrected chi connectivity index (χ4v) is 2.51. The number of hydrogen-bond donors (Lipinski definition) is 2. The molecule has 2 heterocycles. The van der Waals surface area contributed by atoms with Crippen LogP contribution in [0.1, 0.15) is 12.0 Å². The van der Waals surface area contributed by atoms with Gasteiger partial charge in [0, 0.05) is 57.4 Å². The molecule has 3 aromatic rings. The first kappa shape index (κ1) is 19.3. The highest BCUT2D eigenvalue weighted by atomic mass is 19.1. The number of pyridine rings is 1. The average molecular weight is 382 g/mol. The fourth-order valence-electron chi connectivity index (χ4n) is 2.51. The largest absolute Gasteiger partial charge is 0.439 e. The minimum Gasteiger partial charge on any atom is -0.439 e. The lowest BCUT2D eigenvalue weighted by Gasteiger charge is -2.12. The van der Waals surface area contributed by atoms with E-state index in [9.17, 15) is 4.39 Å². The van der Waals surface area contributed by atoms with Gasteiger partial charge in [-0.05, 0) is 30.2 Å². The second-order valence-electron chi connectivity index (χ2n) is 6.04. The molecule has 8 heteroatoms. The van der Waals surface area contributed by atoms with Gasteiger partial charge in [-0.15, -0.1) is 0 Å². The second-order valence-corrected chi connectivity index (χ2v) is 6.04. The van der Waals surface area contributed by atoms with Crippen LogP contribution in [0.15, 0.2) is 66.0 Å². The zero-order valence-corrected chi connectivity index (χ0v) is 15.7. The number of aliphatic imine (C=N–C) groups is 1. The van der Waals surface area contributed by atoms with Crippen LogP contribution in [0.5, 0.6) is 11.6 Å². The maximum Gasteiger partial charge on any atom is 0.219 e. The Labute approximate surface area is 163 Å². The van der Waals surface area contributed by atoms with Crippen LogP contribution >= 0.6 is 0 Å². The number of rotatable bonds is 8. The van der Waals surface area contributed by atoms with E-state index in [-0.39, 0.29) is 5.82 Å². The van der Waals surface area contributed by atoms with Crippen LogP contribution in [0.25, 0.3) is 0 Å². The molecular weight excluding hydrogens is 359 g/mol. The van der Waals surface area contributed by atoms with Crippen LogP contribution < -0.4 is 15.4 Å². The van der Waals surface area contributed by atoms with E-state index < -0.39 is 0 Å². The van der Waals surface area contributed by atoms with E-state index in [4.69, 9.17) is 4.74 Å². The lowest BCUT2D eigenvalue weighted by molar-refractivity contribution is 0.457. The predicted octanol–water partition coefficient (Wildman–Crippen LogP) is 2.96. The van der Waals surface area contributed by atoms with Crippen LogP contribution in [0.4, 0.5) is 4.39 Å². The summed E-state index contributed by atoms with van der Waals surface area (Å²) < 4.78 is 20.6. The summed E-state index contributed by atoms with van der Waals surface area (Å²) in [7, 11) is 1.73. The van der Waals surface area contributed by atoms with Crippen molar-refractivity contribution in [3.8, 4) is 11.6 Å². The van der Waals surface area contributed by atoms with Crippen molar-refractivity contribution in [2.75, 3.05) is 13.6 Å². The molecule has 7 nitrogen and oxygen atoms in total. The van der Waals surface area contributed by atoms with Gasteiger partial charge >= 0.3 is 0 Å². The van der Waals surface area contributed by atoms with Gasteiger partial charge in [0.05, 0.1) is 0 Å². The molecule has 0 aliphatic carbocycles. The van der Waals surface area contributed by atoms with Gasteiger partial charge in [-0.2, -0.15) is 5.10 Å². The minimum atomic E-state index is -0.346. The van der Waals surface area contributed by atoms with E-state index in [2.05, 4.69) is 25.7 Å². The van der Waals surface area contributed by atoms with Crippen LogP contribution in [-0.4, -0.2) is 34.3 Å². The Hall–Kier alpha value is -3.42. The van der Waals surface area contributed by atoms with Crippen LogP contribution in [0, 0.1) is 5.82 Å². The Morgan fingerprint density at radius 3 is 2.86 bits per heavy atom. The third kappa shape index (κ3) is 6.08. The van der Waals surface area contributed by atoms with Gasteiger partial charge < -0.3 is 15.4 Å². The van der Waals surface area contributed by atoms with Crippen molar-refractivity contribution in [2.45, 2.75) is 19.5 Å². The van der Waals surface area contributed by atoms with Crippen molar-refractivity contribution in [3.05, 3.63) is 72.4 Å².